The van der Waals surface area contributed by atoms with Crippen molar-refractivity contribution < 1.29 is 14.3 Å². The first-order valence-electron chi connectivity index (χ1n) is 8.24. The Kier molecular flexibility index (Phi) is 7.16. The van der Waals surface area contributed by atoms with Crippen molar-refractivity contribution in [3.8, 4) is 5.75 Å². The maximum atomic E-state index is 12.3. The minimum Gasteiger partial charge on any atom is -0.491 e. The third-order valence-electron chi connectivity index (χ3n) is 3.79. The lowest BCUT2D eigenvalue weighted by atomic mass is 10.3. The number of morpholine rings is 1. The number of hydrogen-bond donors (Lipinski definition) is 1. The van der Waals surface area contributed by atoms with Gasteiger partial charge in [-0.05, 0) is 18.6 Å². The lowest BCUT2D eigenvalue weighted by Crippen LogP contribution is -2.42. The summed E-state index contributed by atoms with van der Waals surface area (Å²) in [5.74, 6) is 0.712. The van der Waals surface area contributed by atoms with Gasteiger partial charge in [-0.3, -0.25) is 4.90 Å². The zero-order valence-corrected chi connectivity index (χ0v) is 14.1. The second-order valence-corrected chi connectivity index (χ2v) is 5.65. The number of anilines is 1. The molecule has 6 nitrogen and oxygen atoms in total. The molecule has 2 rings (SSSR count). The summed E-state index contributed by atoms with van der Waals surface area (Å²) in [4.78, 5) is 16.3. The lowest BCUT2D eigenvalue weighted by molar-refractivity contribution is 0.0359. The molecule has 0 aromatic heterocycles. The molecule has 23 heavy (non-hydrogen) atoms. The fourth-order valence-corrected chi connectivity index (χ4v) is 2.34. The fourth-order valence-electron chi connectivity index (χ4n) is 2.34. The molecular formula is C17H27N3O3. The van der Waals surface area contributed by atoms with Crippen LogP contribution in [0.1, 0.15) is 13.3 Å². The van der Waals surface area contributed by atoms with Crippen molar-refractivity contribution in [3.05, 3.63) is 24.3 Å². The number of urea groups is 1. The number of nitrogens with zero attached hydrogens (tertiary/aromatic N) is 2. The van der Waals surface area contributed by atoms with Gasteiger partial charge in [-0.25, -0.2) is 4.79 Å². The lowest BCUT2D eigenvalue weighted by Gasteiger charge is -2.28. The van der Waals surface area contributed by atoms with Gasteiger partial charge >= 0.3 is 6.03 Å². The predicted molar refractivity (Wildman–Crippen MR) is 91.1 cm³/mol. The molecule has 0 bridgehead atoms. The minimum atomic E-state index is -0.120. The van der Waals surface area contributed by atoms with E-state index in [-0.39, 0.29) is 6.03 Å². The van der Waals surface area contributed by atoms with E-state index in [1.807, 2.05) is 31.3 Å². The average molecular weight is 321 g/mol. The van der Waals surface area contributed by atoms with E-state index in [1.165, 1.54) is 0 Å². The summed E-state index contributed by atoms with van der Waals surface area (Å²) >= 11 is 0. The molecule has 1 aliphatic rings. The zero-order valence-electron chi connectivity index (χ0n) is 14.1. The van der Waals surface area contributed by atoms with E-state index in [9.17, 15) is 4.79 Å². The highest BCUT2D eigenvalue weighted by Gasteiger charge is 2.15. The van der Waals surface area contributed by atoms with Crippen LogP contribution in [0.25, 0.3) is 0 Å². The van der Waals surface area contributed by atoms with Crippen LogP contribution in [0.2, 0.25) is 0 Å². The van der Waals surface area contributed by atoms with Crippen LogP contribution in [0.4, 0.5) is 10.5 Å². The van der Waals surface area contributed by atoms with Crippen LogP contribution in [-0.4, -0.2) is 68.9 Å². The molecular weight excluding hydrogens is 294 g/mol. The Morgan fingerprint density at radius 2 is 2.09 bits per heavy atom. The van der Waals surface area contributed by atoms with E-state index in [1.54, 1.807) is 4.90 Å². The third kappa shape index (κ3) is 5.73. The highest BCUT2D eigenvalue weighted by Crippen LogP contribution is 2.24. The summed E-state index contributed by atoms with van der Waals surface area (Å²) < 4.78 is 11.0. The van der Waals surface area contributed by atoms with Gasteiger partial charge in [0.05, 0.1) is 25.5 Å². The Morgan fingerprint density at radius 1 is 1.35 bits per heavy atom. The molecule has 0 aliphatic carbocycles. The van der Waals surface area contributed by atoms with Gasteiger partial charge in [-0.1, -0.05) is 19.1 Å². The molecule has 1 N–H and O–H groups in total. The SMILES string of the molecule is CCCOc1ccccc1NC(=O)N(C)CCN1CCOCC1. The average Bonchev–Trinajstić information content (AvgIpc) is 2.59. The topological polar surface area (TPSA) is 54.0 Å². The molecule has 1 heterocycles. The first-order valence-corrected chi connectivity index (χ1v) is 8.24. The zero-order chi connectivity index (χ0) is 16.5. The maximum Gasteiger partial charge on any atom is 0.321 e. The summed E-state index contributed by atoms with van der Waals surface area (Å²) in [5, 5.41) is 2.93. The summed E-state index contributed by atoms with van der Waals surface area (Å²) in [6, 6.07) is 7.41. The van der Waals surface area contributed by atoms with Gasteiger partial charge in [-0.2, -0.15) is 0 Å². The monoisotopic (exact) mass is 321 g/mol. The minimum absolute atomic E-state index is 0.120. The van der Waals surface area contributed by atoms with Gasteiger partial charge in [0, 0.05) is 33.2 Å². The standard InChI is InChI=1S/C17H27N3O3/c1-3-12-23-16-7-5-4-6-15(16)18-17(21)19(2)8-9-20-10-13-22-14-11-20/h4-7H,3,8-14H2,1-2H3,(H,18,21). The van der Waals surface area contributed by atoms with Crippen LogP contribution in [-0.2, 0) is 4.74 Å². The first-order chi connectivity index (χ1) is 11.2. The molecule has 1 saturated heterocycles. The number of benzene rings is 1. The number of rotatable bonds is 7. The molecule has 0 atom stereocenters. The molecule has 6 heteroatoms. The quantitative estimate of drug-likeness (QED) is 0.837. The van der Waals surface area contributed by atoms with Crippen LogP contribution in [0.5, 0.6) is 5.75 Å². The number of para-hydroxylation sites is 2. The Bertz CT molecular complexity index is 490. The van der Waals surface area contributed by atoms with Crippen molar-refractivity contribution in [1.29, 1.82) is 0 Å². The van der Waals surface area contributed by atoms with Crippen LogP contribution in [0.3, 0.4) is 0 Å². The molecule has 0 unspecified atom stereocenters. The highest BCUT2D eigenvalue weighted by molar-refractivity contribution is 5.90. The van der Waals surface area contributed by atoms with E-state index in [0.717, 1.165) is 39.3 Å². The summed E-state index contributed by atoms with van der Waals surface area (Å²) in [5.41, 5.74) is 0.712. The van der Waals surface area contributed by atoms with Crippen molar-refractivity contribution in [2.75, 3.05) is 58.4 Å². The molecule has 0 saturated carbocycles. The van der Waals surface area contributed by atoms with Gasteiger partial charge < -0.3 is 19.7 Å². The van der Waals surface area contributed by atoms with Crippen molar-refractivity contribution >= 4 is 11.7 Å². The van der Waals surface area contributed by atoms with E-state index < -0.39 is 0 Å². The molecule has 1 aliphatic heterocycles. The molecule has 128 valence electrons. The molecule has 0 spiro atoms. The highest BCUT2D eigenvalue weighted by atomic mass is 16.5. The fraction of sp³-hybridized carbons (Fsp3) is 0.588. The van der Waals surface area contributed by atoms with Crippen molar-refractivity contribution in [1.82, 2.24) is 9.80 Å². The van der Waals surface area contributed by atoms with Gasteiger partial charge in [0.25, 0.3) is 0 Å². The molecule has 0 radical (unpaired) electrons. The van der Waals surface area contributed by atoms with E-state index in [0.29, 0.717) is 24.6 Å². The Balaban J connectivity index is 1.83. The number of amides is 2. The van der Waals surface area contributed by atoms with Crippen molar-refractivity contribution in [3.63, 3.8) is 0 Å². The number of hydrogen-bond acceptors (Lipinski definition) is 4. The molecule has 1 aromatic carbocycles. The predicted octanol–water partition coefficient (Wildman–Crippen LogP) is 2.27. The maximum absolute atomic E-state index is 12.3. The number of likely N-dealkylation sites (N-methyl/N-ethyl adjacent to an activating group) is 1. The first kappa shape index (κ1) is 17.6. The van der Waals surface area contributed by atoms with Gasteiger partial charge in [-0.15, -0.1) is 0 Å². The number of carbonyl (C=O) groups excluding carboxylic acids is 1. The van der Waals surface area contributed by atoms with Crippen LogP contribution in [0, 0.1) is 0 Å². The van der Waals surface area contributed by atoms with Gasteiger partial charge in [0.1, 0.15) is 5.75 Å². The van der Waals surface area contributed by atoms with Gasteiger partial charge in [0.2, 0.25) is 0 Å². The summed E-state index contributed by atoms with van der Waals surface area (Å²) in [7, 11) is 1.81. The Morgan fingerprint density at radius 3 is 2.83 bits per heavy atom. The third-order valence-corrected chi connectivity index (χ3v) is 3.79. The smallest absolute Gasteiger partial charge is 0.321 e. The van der Waals surface area contributed by atoms with E-state index in [4.69, 9.17) is 9.47 Å². The second kappa shape index (κ2) is 9.37. The Hall–Kier alpha value is -1.79. The second-order valence-electron chi connectivity index (χ2n) is 5.65. The normalized spacial score (nSPS) is 15.2. The summed E-state index contributed by atoms with van der Waals surface area (Å²) in [6.07, 6.45) is 0.932. The molecule has 1 aromatic rings. The van der Waals surface area contributed by atoms with E-state index in [2.05, 4.69) is 17.1 Å². The number of ether oxygens (including phenoxy) is 2. The van der Waals surface area contributed by atoms with Gasteiger partial charge in [0.15, 0.2) is 0 Å². The largest absolute Gasteiger partial charge is 0.491 e. The van der Waals surface area contributed by atoms with Crippen molar-refractivity contribution in [2.24, 2.45) is 0 Å². The van der Waals surface area contributed by atoms with Crippen LogP contribution in [0.15, 0.2) is 24.3 Å². The molecule has 2 amide bonds. The number of carbonyl (C=O) groups is 1. The van der Waals surface area contributed by atoms with Crippen LogP contribution < -0.4 is 10.1 Å². The van der Waals surface area contributed by atoms with E-state index >= 15 is 0 Å². The number of nitrogens with one attached hydrogen (secondary N) is 1. The Labute approximate surface area is 138 Å². The van der Waals surface area contributed by atoms with Crippen LogP contribution >= 0.6 is 0 Å². The van der Waals surface area contributed by atoms with Crippen molar-refractivity contribution in [2.45, 2.75) is 13.3 Å². The summed E-state index contributed by atoms with van der Waals surface area (Å²) in [6.45, 7) is 7.66. The molecule has 1 fully saturated rings.